The van der Waals surface area contributed by atoms with E-state index in [1.165, 1.54) is 6.07 Å². The van der Waals surface area contributed by atoms with E-state index in [1.807, 2.05) is 10.8 Å². The van der Waals surface area contributed by atoms with E-state index in [9.17, 15) is 9.59 Å². The zero-order valence-corrected chi connectivity index (χ0v) is 11.0. The number of hydrogen-bond donors (Lipinski definition) is 2. The van der Waals surface area contributed by atoms with Crippen molar-refractivity contribution in [1.29, 1.82) is 0 Å². The minimum absolute atomic E-state index is 0.130. The number of carbonyl (C=O) groups is 1. The number of amides is 1. The lowest BCUT2D eigenvalue weighted by molar-refractivity contribution is 0.0937. The lowest BCUT2D eigenvalue weighted by Crippen LogP contribution is -2.33. The van der Waals surface area contributed by atoms with Gasteiger partial charge in [0.15, 0.2) is 0 Å². The molecule has 104 valence electrons. The fraction of sp³-hybridized carbons (Fsp3) is 0.357. The SMILES string of the molecule is O=C(NCC1(Cn2ccnc2)CC1)c1cccc(=O)[nH]1. The van der Waals surface area contributed by atoms with Crippen LogP contribution in [0.5, 0.6) is 0 Å². The van der Waals surface area contributed by atoms with Gasteiger partial charge in [0.2, 0.25) is 5.56 Å². The van der Waals surface area contributed by atoms with Gasteiger partial charge in [-0.3, -0.25) is 9.59 Å². The summed E-state index contributed by atoms with van der Waals surface area (Å²) in [5.41, 5.74) is 0.166. The van der Waals surface area contributed by atoms with Gasteiger partial charge in [0.25, 0.3) is 5.91 Å². The molecule has 1 aliphatic rings. The molecule has 6 nitrogen and oxygen atoms in total. The summed E-state index contributed by atoms with van der Waals surface area (Å²) in [5, 5.41) is 2.90. The number of aromatic nitrogens is 3. The van der Waals surface area contributed by atoms with Gasteiger partial charge in [-0.15, -0.1) is 0 Å². The Bertz CT molecular complexity index is 656. The molecule has 3 rings (SSSR count). The van der Waals surface area contributed by atoms with Crippen molar-refractivity contribution in [2.45, 2.75) is 19.4 Å². The molecular weight excluding hydrogens is 256 g/mol. The number of carbonyl (C=O) groups excluding carboxylic acids is 1. The number of nitrogens with one attached hydrogen (secondary N) is 2. The highest BCUT2D eigenvalue weighted by molar-refractivity contribution is 5.92. The minimum atomic E-state index is -0.266. The van der Waals surface area contributed by atoms with Gasteiger partial charge in [-0.2, -0.15) is 0 Å². The molecule has 0 saturated heterocycles. The highest BCUT2D eigenvalue weighted by Crippen LogP contribution is 2.46. The quantitative estimate of drug-likeness (QED) is 0.844. The van der Waals surface area contributed by atoms with Crippen molar-refractivity contribution in [3.63, 3.8) is 0 Å². The zero-order chi connectivity index (χ0) is 14.0. The molecule has 2 aromatic heterocycles. The summed E-state index contributed by atoms with van der Waals surface area (Å²) < 4.78 is 2.03. The van der Waals surface area contributed by atoms with Gasteiger partial charge in [-0.1, -0.05) is 6.07 Å². The smallest absolute Gasteiger partial charge is 0.267 e. The first-order valence-electron chi connectivity index (χ1n) is 6.60. The van der Waals surface area contributed by atoms with Gasteiger partial charge in [-0.25, -0.2) is 4.98 Å². The average molecular weight is 272 g/mol. The molecule has 0 unspecified atom stereocenters. The van der Waals surface area contributed by atoms with Crippen LogP contribution in [-0.4, -0.2) is 27.0 Å². The molecule has 0 radical (unpaired) electrons. The Balaban J connectivity index is 1.59. The second kappa shape index (κ2) is 4.96. The highest BCUT2D eigenvalue weighted by atomic mass is 16.2. The van der Waals surface area contributed by atoms with Crippen molar-refractivity contribution in [3.8, 4) is 0 Å². The molecular formula is C14H16N4O2. The maximum absolute atomic E-state index is 12.0. The number of nitrogens with zero attached hydrogens (tertiary/aromatic N) is 2. The molecule has 0 atom stereocenters. The molecule has 2 aromatic rings. The third kappa shape index (κ3) is 2.79. The summed E-state index contributed by atoms with van der Waals surface area (Å²) in [6.07, 6.45) is 7.66. The summed E-state index contributed by atoms with van der Waals surface area (Å²) >= 11 is 0. The second-order valence-corrected chi connectivity index (χ2v) is 5.35. The van der Waals surface area contributed by atoms with Crippen LogP contribution in [0.15, 0.2) is 41.7 Å². The predicted octanol–water partition coefficient (Wildman–Crippen LogP) is 0.782. The maximum Gasteiger partial charge on any atom is 0.267 e. The van der Waals surface area contributed by atoms with Crippen LogP contribution < -0.4 is 10.9 Å². The van der Waals surface area contributed by atoms with E-state index >= 15 is 0 Å². The number of rotatable bonds is 5. The first-order valence-corrected chi connectivity index (χ1v) is 6.60. The topological polar surface area (TPSA) is 79.8 Å². The normalized spacial score (nSPS) is 15.8. The van der Waals surface area contributed by atoms with Gasteiger partial charge in [0.1, 0.15) is 5.69 Å². The summed E-state index contributed by atoms with van der Waals surface area (Å²) in [5.74, 6) is -0.236. The van der Waals surface area contributed by atoms with E-state index in [0.29, 0.717) is 12.2 Å². The van der Waals surface area contributed by atoms with Gasteiger partial charge in [0, 0.05) is 37.0 Å². The fourth-order valence-corrected chi connectivity index (χ4v) is 2.28. The van der Waals surface area contributed by atoms with E-state index in [1.54, 1.807) is 24.7 Å². The molecule has 1 fully saturated rings. The molecule has 20 heavy (non-hydrogen) atoms. The van der Waals surface area contributed by atoms with Crippen molar-refractivity contribution in [1.82, 2.24) is 19.9 Å². The van der Waals surface area contributed by atoms with Crippen LogP contribution in [0.4, 0.5) is 0 Å². The number of imidazole rings is 1. The van der Waals surface area contributed by atoms with Gasteiger partial charge in [-0.05, 0) is 18.9 Å². The van der Waals surface area contributed by atoms with Crippen LogP contribution >= 0.6 is 0 Å². The van der Waals surface area contributed by atoms with Crippen LogP contribution in [0.1, 0.15) is 23.3 Å². The highest BCUT2D eigenvalue weighted by Gasteiger charge is 2.43. The van der Waals surface area contributed by atoms with Crippen LogP contribution in [0, 0.1) is 5.41 Å². The molecule has 0 aromatic carbocycles. The standard InChI is InChI=1S/C14H16N4O2/c19-12-3-1-2-11(17-12)13(20)16-8-14(4-5-14)9-18-7-6-15-10-18/h1-3,6-7,10H,4-5,8-9H2,(H,16,20)(H,17,19). The summed E-state index contributed by atoms with van der Waals surface area (Å²) in [6, 6.07) is 4.57. The Morgan fingerprint density at radius 1 is 1.45 bits per heavy atom. The van der Waals surface area contributed by atoms with Gasteiger partial charge in [0.05, 0.1) is 6.33 Å². The van der Waals surface area contributed by atoms with Crippen molar-refractivity contribution in [3.05, 3.63) is 53.0 Å². The van der Waals surface area contributed by atoms with Crippen LogP contribution in [-0.2, 0) is 6.54 Å². The minimum Gasteiger partial charge on any atom is -0.350 e. The van der Waals surface area contributed by atoms with Gasteiger partial charge >= 0.3 is 0 Å². The lowest BCUT2D eigenvalue weighted by atomic mass is 10.1. The molecule has 1 amide bonds. The summed E-state index contributed by atoms with van der Waals surface area (Å²) in [7, 11) is 0. The number of pyridine rings is 1. The molecule has 2 heterocycles. The number of hydrogen-bond acceptors (Lipinski definition) is 3. The molecule has 0 aliphatic heterocycles. The van der Waals surface area contributed by atoms with E-state index in [4.69, 9.17) is 0 Å². The van der Waals surface area contributed by atoms with E-state index in [0.717, 1.165) is 19.4 Å². The van der Waals surface area contributed by atoms with E-state index in [-0.39, 0.29) is 16.9 Å². The van der Waals surface area contributed by atoms with Crippen LogP contribution in [0.25, 0.3) is 0 Å². The maximum atomic E-state index is 12.0. The van der Waals surface area contributed by atoms with Crippen molar-refractivity contribution >= 4 is 5.91 Å². The third-order valence-corrected chi connectivity index (χ3v) is 3.67. The molecule has 2 N–H and O–H groups in total. The fourth-order valence-electron chi connectivity index (χ4n) is 2.28. The molecule has 0 bridgehead atoms. The summed E-state index contributed by atoms with van der Waals surface area (Å²) in [4.78, 5) is 29.7. The second-order valence-electron chi connectivity index (χ2n) is 5.35. The Morgan fingerprint density at radius 3 is 2.95 bits per heavy atom. The first-order chi connectivity index (χ1) is 9.67. The van der Waals surface area contributed by atoms with Crippen molar-refractivity contribution in [2.75, 3.05) is 6.54 Å². The Labute approximate surface area is 115 Å². The Hall–Kier alpha value is -2.37. The van der Waals surface area contributed by atoms with Crippen molar-refractivity contribution in [2.24, 2.45) is 5.41 Å². The monoisotopic (exact) mass is 272 g/mol. The third-order valence-electron chi connectivity index (χ3n) is 3.67. The van der Waals surface area contributed by atoms with E-state index in [2.05, 4.69) is 15.3 Å². The lowest BCUT2D eigenvalue weighted by Gasteiger charge is -2.16. The Morgan fingerprint density at radius 2 is 2.30 bits per heavy atom. The zero-order valence-electron chi connectivity index (χ0n) is 11.0. The largest absolute Gasteiger partial charge is 0.350 e. The van der Waals surface area contributed by atoms with Crippen LogP contribution in [0.3, 0.4) is 0 Å². The average Bonchev–Trinajstić information content (AvgIpc) is 3.01. The molecule has 6 heteroatoms. The van der Waals surface area contributed by atoms with Gasteiger partial charge < -0.3 is 14.9 Å². The molecule has 1 aliphatic carbocycles. The van der Waals surface area contributed by atoms with Crippen LogP contribution in [0.2, 0.25) is 0 Å². The summed E-state index contributed by atoms with van der Waals surface area (Å²) in [6.45, 7) is 1.47. The Kier molecular flexibility index (Phi) is 3.14. The molecule has 1 saturated carbocycles. The predicted molar refractivity (Wildman–Crippen MR) is 73.3 cm³/mol. The number of H-pyrrole nitrogens is 1. The van der Waals surface area contributed by atoms with Crippen molar-refractivity contribution < 1.29 is 4.79 Å². The van der Waals surface area contributed by atoms with E-state index < -0.39 is 0 Å². The number of aromatic amines is 1. The first kappa shape index (κ1) is 12.7. The molecule has 0 spiro atoms.